The lowest BCUT2D eigenvalue weighted by Crippen LogP contribution is -2.25. The van der Waals surface area contributed by atoms with Crippen LogP contribution in [0.25, 0.3) is 21.6 Å². The molecule has 0 saturated heterocycles. The number of aromatic amines is 1. The van der Waals surface area contributed by atoms with Gasteiger partial charge in [-0.2, -0.15) is 0 Å². The maximum absolute atomic E-state index is 12.7. The molecule has 0 aliphatic carbocycles. The molecule has 0 saturated carbocycles. The van der Waals surface area contributed by atoms with E-state index in [-0.39, 0.29) is 5.56 Å². The summed E-state index contributed by atoms with van der Waals surface area (Å²) in [6, 6.07) is 4.21. The first kappa shape index (κ1) is 15.5. The fourth-order valence-corrected chi connectivity index (χ4v) is 4.74. The van der Waals surface area contributed by atoms with E-state index in [1.165, 1.54) is 27.1 Å². The number of aryl methyl sites for hydroxylation is 2. The van der Waals surface area contributed by atoms with Crippen molar-refractivity contribution in [3.05, 3.63) is 49.6 Å². The molecule has 3 aromatic rings. The summed E-state index contributed by atoms with van der Waals surface area (Å²) in [5.74, 6) is 0.672. The molecule has 1 aliphatic heterocycles. The fraction of sp³-hybridized carbons (Fsp3) is 0.368. The molecule has 1 N–H and O–H groups in total. The lowest BCUT2D eigenvalue weighted by molar-refractivity contribution is 0.318. The summed E-state index contributed by atoms with van der Waals surface area (Å²) >= 11 is 1.67. The topological polar surface area (TPSA) is 49.0 Å². The monoisotopic (exact) mass is 339 g/mol. The Bertz CT molecular complexity index is 992. The highest BCUT2D eigenvalue weighted by atomic mass is 32.1. The third-order valence-corrected chi connectivity index (χ3v) is 6.21. The smallest absolute Gasteiger partial charge is 0.260 e. The van der Waals surface area contributed by atoms with Crippen LogP contribution in [0.5, 0.6) is 0 Å². The van der Waals surface area contributed by atoms with Gasteiger partial charge in [0.1, 0.15) is 10.7 Å². The van der Waals surface area contributed by atoms with E-state index in [1.807, 2.05) is 0 Å². The van der Waals surface area contributed by atoms with E-state index in [2.05, 4.69) is 49.8 Å². The van der Waals surface area contributed by atoms with Gasteiger partial charge in [0.15, 0.2) is 0 Å². The number of aromatic nitrogens is 2. The van der Waals surface area contributed by atoms with Crippen LogP contribution in [0.4, 0.5) is 0 Å². The van der Waals surface area contributed by atoms with E-state index in [0.29, 0.717) is 5.82 Å². The number of hydrogen-bond acceptors (Lipinski definition) is 4. The predicted molar refractivity (Wildman–Crippen MR) is 99.9 cm³/mol. The summed E-state index contributed by atoms with van der Waals surface area (Å²) in [7, 11) is 2.12. The largest absolute Gasteiger partial charge is 0.306 e. The first-order valence-corrected chi connectivity index (χ1v) is 9.07. The van der Waals surface area contributed by atoms with Gasteiger partial charge >= 0.3 is 0 Å². The van der Waals surface area contributed by atoms with Crippen LogP contribution < -0.4 is 5.56 Å². The summed E-state index contributed by atoms with van der Waals surface area (Å²) in [5, 5.41) is 0.799. The molecule has 0 fully saturated rings. The van der Waals surface area contributed by atoms with Crippen molar-refractivity contribution in [1.29, 1.82) is 0 Å². The van der Waals surface area contributed by atoms with Gasteiger partial charge in [-0.3, -0.25) is 4.79 Å². The second-order valence-corrected chi connectivity index (χ2v) is 7.90. The van der Waals surface area contributed by atoms with Crippen LogP contribution in [0.3, 0.4) is 0 Å². The zero-order valence-electron chi connectivity index (χ0n) is 14.5. The van der Waals surface area contributed by atoms with E-state index in [1.54, 1.807) is 11.3 Å². The molecule has 4 rings (SSSR count). The van der Waals surface area contributed by atoms with Crippen molar-refractivity contribution in [2.45, 2.75) is 33.7 Å². The molecule has 0 unspecified atom stereocenters. The van der Waals surface area contributed by atoms with Gasteiger partial charge in [-0.1, -0.05) is 0 Å². The molecule has 0 radical (unpaired) electrons. The lowest BCUT2D eigenvalue weighted by atomic mass is 10.00. The Balaban J connectivity index is 1.92. The van der Waals surface area contributed by atoms with E-state index >= 15 is 0 Å². The van der Waals surface area contributed by atoms with Crippen molar-refractivity contribution in [1.82, 2.24) is 14.9 Å². The minimum atomic E-state index is -0.00654. The number of fused-ring (bicyclic) bond motifs is 3. The number of likely N-dealkylation sites (N-methyl/N-ethyl adjacent to an activating group) is 1. The first-order chi connectivity index (χ1) is 11.4. The third kappa shape index (κ3) is 2.39. The molecule has 24 heavy (non-hydrogen) atoms. The van der Waals surface area contributed by atoms with Crippen molar-refractivity contribution in [2.75, 3.05) is 13.6 Å². The number of hydrogen-bond donors (Lipinski definition) is 1. The van der Waals surface area contributed by atoms with Crippen LogP contribution in [0.15, 0.2) is 16.9 Å². The maximum Gasteiger partial charge on any atom is 0.260 e. The molecule has 5 heteroatoms. The minimum Gasteiger partial charge on any atom is -0.306 e. The summed E-state index contributed by atoms with van der Waals surface area (Å²) in [5.41, 5.74) is 5.91. The Labute approximate surface area is 145 Å². The summed E-state index contributed by atoms with van der Waals surface area (Å²) in [4.78, 5) is 25.0. The van der Waals surface area contributed by atoms with Gasteiger partial charge in [0.05, 0.1) is 5.39 Å². The van der Waals surface area contributed by atoms with E-state index < -0.39 is 0 Å². The zero-order chi connectivity index (χ0) is 17.0. The Morgan fingerprint density at radius 1 is 1.21 bits per heavy atom. The van der Waals surface area contributed by atoms with E-state index in [0.717, 1.165) is 35.3 Å². The highest BCUT2D eigenvalue weighted by Crippen LogP contribution is 2.33. The first-order valence-electron chi connectivity index (χ1n) is 8.25. The molecule has 4 nitrogen and oxygen atoms in total. The fourth-order valence-electron chi connectivity index (χ4n) is 3.44. The van der Waals surface area contributed by atoms with Gasteiger partial charge in [-0.25, -0.2) is 4.98 Å². The molecule has 124 valence electrons. The van der Waals surface area contributed by atoms with Crippen LogP contribution >= 0.6 is 11.3 Å². The highest BCUT2D eigenvalue weighted by Gasteiger charge is 2.22. The predicted octanol–water partition coefficient (Wildman–Crippen LogP) is 3.56. The second-order valence-electron chi connectivity index (χ2n) is 6.82. The van der Waals surface area contributed by atoms with Crippen LogP contribution in [0.1, 0.15) is 27.1 Å². The van der Waals surface area contributed by atoms with Crippen molar-refractivity contribution in [2.24, 2.45) is 0 Å². The Hall–Kier alpha value is -1.98. The van der Waals surface area contributed by atoms with Gasteiger partial charge in [0, 0.05) is 23.5 Å². The van der Waals surface area contributed by atoms with Crippen molar-refractivity contribution in [3.8, 4) is 11.4 Å². The Morgan fingerprint density at radius 2 is 1.92 bits per heavy atom. The summed E-state index contributed by atoms with van der Waals surface area (Å²) < 4.78 is 0. The molecule has 0 spiro atoms. The molecular formula is C19H21N3OS. The Morgan fingerprint density at radius 3 is 2.62 bits per heavy atom. The quantitative estimate of drug-likeness (QED) is 0.737. The number of H-pyrrole nitrogens is 1. The van der Waals surface area contributed by atoms with Gasteiger partial charge in [-0.15, -0.1) is 11.3 Å². The SMILES string of the molecule is Cc1cc(-c2nc3sc4c(c3c(=O)[nH]2)CCN(C)C4)cc(C)c1C. The van der Waals surface area contributed by atoms with Crippen LogP contribution in [-0.2, 0) is 13.0 Å². The average Bonchev–Trinajstić information content (AvgIpc) is 2.89. The summed E-state index contributed by atoms with van der Waals surface area (Å²) in [6.07, 6.45) is 0.929. The molecule has 0 amide bonds. The molecule has 0 atom stereocenters. The number of rotatable bonds is 1. The number of nitrogens with zero attached hydrogens (tertiary/aromatic N) is 2. The zero-order valence-corrected chi connectivity index (χ0v) is 15.3. The van der Waals surface area contributed by atoms with E-state index in [4.69, 9.17) is 4.98 Å². The third-order valence-electron chi connectivity index (χ3n) is 5.10. The van der Waals surface area contributed by atoms with Gasteiger partial charge in [0.2, 0.25) is 0 Å². The van der Waals surface area contributed by atoms with Crippen molar-refractivity contribution < 1.29 is 0 Å². The van der Waals surface area contributed by atoms with Crippen LogP contribution in [0.2, 0.25) is 0 Å². The highest BCUT2D eigenvalue weighted by molar-refractivity contribution is 7.18. The molecular weight excluding hydrogens is 318 g/mol. The Kier molecular flexibility index (Phi) is 3.58. The van der Waals surface area contributed by atoms with Crippen molar-refractivity contribution >= 4 is 21.6 Å². The van der Waals surface area contributed by atoms with Gasteiger partial charge in [-0.05, 0) is 68.6 Å². The molecule has 3 heterocycles. The molecule has 2 aromatic heterocycles. The van der Waals surface area contributed by atoms with Crippen molar-refractivity contribution in [3.63, 3.8) is 0 Å². The standard InChI is InChI=1S/C19H21N3OS/c1-10-7-13(8-11(2)12(10)3)17-20-18(23)16-14-5-6-22(4)9-15(14)24-19(16)21-17/h7-8H,5-6,9H2,1-4H3,(H,20,21,23). The maximum atomic E-state index is 12.7. The normalized spacial score (nSPS) is 15.0. The molecule has 1 aromatic carbocycles. The number of benzene rings is 1. The average molecular weight is 339 g/mol. The van der Waals surface area contributed by atoms with Crippen LogP contribution in [-0.4, -0.2) is 28.5 Å². The van der Waals surface area contributed by atoms with Gasteiger partial charge < -0.3 is 9.88 Å². The minimum absolute atomic E-state index is 0.00654. The second kappa shape index (κ2) is 5.53. The molecule has 1 aliphatic rings. The number of thiophene rings is 1. The van der Waals surface area contributed by atoms with Crippen LogP contribution in [0, 0.1) is 20.8 Å². The van der Waals surface area contributed by atoms with E-state index in [9.17, 15) is 4.79 Å². The lowest BCUT2D eigenvalue weighted by Gasteiger charge is -2.21. The van der Waals surface area contributed by atoms with Gasteiger partial charge in [0.25, 0.3) is 5.56 Å². The molecule has 0 bridgehead atoms. The summed E-state index contributed by atoms with van der Waals surface area (Å²) in [6.45, 7) is 8.23. The number of nitrogens with one attached hydrogen (secondary N) is 1.